The number of carbonyl (C=O) groups is 1. The van der Waals surface area contributed by atoms with Crippen LogP contribution in [0, 0.1) is 5.92 Å². The van der Waals surface area contributed by atoms with Crippen LogP contribution >= 0.6 is 11.3 Å². The van der Waals surface area contributed by atoms with E-state index in [1.807, 2.05) is 29.2 Å². The van der Waals surface area contributed by atoms with Crippen LogP contribution in [0.15, 0.2) is 29.6 Å². The molecule has 0 radical (unpaired) electrons. The van der Waals surface area contributed by atoms with Crippen molar-refractivity contribution >= 4 is 22.9 Å². The number of rotatable bonds is 8. The molecule has 146 valence electrons. The summed E-state index contributed by atoms with van der Waals surface area (Å²) in [5.41, 5.74) is 1.97. The predicted molar refractivity (Wildman–Crippen MR) is 111 cm³/mol. The minimum atomic E-state index is 0.280. The van der Waals surface area contributed by atoms with Gasteiger partial charge < -0.3 is 15.0 Å². The van der Waals surface area contributed by atoms with Crippen LogP contribution in [0.1, 0.15) is 39.5 Å². The maximum atomic E-state index is 11.2. The van der Waals surface area contributed by atoms with Crippen molar-refractivity contribution in [2.45, 2.75) is 51.6 Å². The lowest BCUT2D eigenvalue weighted by molar-refractivity contribution is -0.120. The van der Waals surface area contributed by atoms with Crippen LogP contribution in [-0.2, 0) is 4.79 Å². The summed E-state index contributed by atoms with van der Waals surface area (Å²) in [5, 5.41) is 6.65. The molecule has 3 rings (SSSR count). The first kappa shape index (κ1) is 19.7. The Bertz CT molecular complexity index is 739. The van der Waals surface area contributed by atoms with Gasteiger partial charge in [-0.25, -0.2) is 4.98 Å². The Kier molecular flexibility index (Phi) is 6.72. The maximum Gasteiger partial charge on any atom is 0.209 e. The summed E-state index contributed by atoms with van der Waals surface area (Å²) in [4.78, 5) is 17.9. The number of nitrogens with zero attached hydrogens (tertiary/aromatic N) is 2. The molecule has 0 bridgehead atoms. The van der Waals surface area contributed by atoms with E-state index >= 15 is 0 Å². The summed E-state index contributed by atoms with van der Waals surface area (Å²) in [6.45, 7) is 5.02. The first-order valence-electron chi connectivity index (χ1n) is 9.67. The molecule has 1 amide bonds. The summed E-state index contributed by atoms with van der Waals surface area (Å²) in [5.74, 6) is 1.45. The molecule has 2 aromatic rings. The van der Waals surface area contributed by atoms with Gasteiger partial charge in [0.25, 0.3) is 0 Å². The molecule has 1 N–H and O–H groups in total. The van der Waals surface area contributed by atoms with Gasteiger partial charge in [-0.05, 0) is 57.6 Å². The van der Waals surface area contributed by atoms with Gasteiger partial charge in [-0.15, -0.1) is 11.3 Å². The van der Waals surface area contributed by atoms with Crippen LogP contribution < -0.4 is 10.1 Å². The molecule has 1 heterocycles. The number of benzene rings is 1. The minimum absolute atomic E-state index is 0.280. The molecular weight excluding hydrogens is 358 g/mol. The zero-order chi connectivity index (χ0) is 19.2. The smallest absolute Gasteiger partial charge is 0.209 e. The van der Waals surface area contributed by atoms with E-state index in [2.05, 4.69) is 24.5 Å². The van der Waals surface area contributed by atoms with Crippen molar-refractivity contribution in [2.24, 2.45) is 5.92 Å². The molecular formula is C21H29N3O2S. The predicted octanol–water partition coefficient (Wildman–Crippen LogP) is 4.66. The Morgan fingerprint density at radius 1 is 1.30 bits per heavy atom. The van der Waals surface area contributed by atoms with Crippen LogP contribution in [-0.4, -0.2) is 42.0 Å². The molecule has 5 nitrogen and oxygen atoms in total. The first-order chi connectivity index (χ1) is 13.1. The number of methoxy groups -OCH3 is 1. The van der Waals surface area contributed by atoms with Crippen LogP contribution in [0.5, 0.6) is 5.75 Å². The fourth-order valence-electron chi connectivity index (χ4n) is 3.66. The summed E-state index contributed by atoms with van der Waals surface area (Å²) in [7, 11) is 1.69. The highest BCUT2D eigenvalue weighted by Crippen LogP contribution is 2.33. The van der Waals surface area contributed by atoms with E-state index in [1.54, 1.807) is 18.4 Å². The first-order valence-corrected chi connectivity index (χ1v) is 10.5. The fraction of sp³-hybridized carbons (Fsp3) is 0.524. The largest absolute Gasteiger partial charge is 0.496 e. The van der Waals surface area contributed by atoms with Gasteiger partial charge in [-0.1, -0.05) is 12.1 Å². The Morgan fingerprint density at radius 3 is 2.70 bits per heavy atom. The van der Waals surface area contributed by atoms with Crippen molar-refractivity contribution in [3.05, 3.63) is 29.6 Å². The van der Waals surface area contributed by atoms with E-state index < -0.39 is 0 Å². The lowest BCUT2D eigenvalue weighted by Crippen LogP contribution is -2.37. The van der Waals surface area contributed by atoms with Gasteiger partial charge in [-0.3, -0.25) is 4.79 Å². The molecule has 0 aliphatic heterocycles. The summed E-state index contributed by atoms with van der Waals surface area (Å²) in [6, 6.07) is 8.71. The number of aromatic nitrogens is 1. The summed E-state index contributed by atoms with van der Waals surface area (Å²) in [6.07, 6.45) is 5.54. The SMILES string of the molecule is COc1ccccc1-c1csc(NC2CCC(CN(C=O)C(C)C)CC2)n1. The van der Waals surface area contributed by atoms with Crippen LogP contribution in [0.4, 0.5) is 5.13 Å². The minimum Gasteiger partial charge on any atom is -0.496 e. The standard InChI is InChI=1S/C21H29N3O2S/c1-15(2)24(14-25)12-16-8-10-17(11-9-16)22-21-23-19(13-27-21)18-6-4-5-7-20(18)26-3/h4-7,13-17H,8-12H2,1-3H3,(H,22,23). The lowest BCUT2D eigenvalue weighted by Gasteiger charge is -2.33. The van der Waals surface area contributed by atoms with Crippen molar-refractivity contribution in [1.29, 1.82) is 0 Å². The van der Waals surface area contributed by atoms with Crippen LogP contribution in [0.2, 0.25) is 0 Å². The van der Waals surface area contributed by atoms with E-state index in [1.165, 1.54) is 0 Å². The van der Waals surface area contributed by atoms with E-state index in [9.17, 15) is 4.79 Å². The third-order valence-corrected chi connectivity index (χ3v) is 6.10. The number of ether oxygens (including phenoxy) is 1. The number of amides is 1. The average Bonchev–Trinajstić information content (AvgIpc) is 3.15. The Hall–Kier alpha value is -2.08. The van der Waals surface area contributed by atoms with E-state index in [0.717, 1.165) is 60.8 Å². The van der Waals surface area contributed by atoms with Gasteiger partial charge in [0.15, 0.2) is 5.13 Å². The number of anilines is 1. The normalized spacial score (nSPS) is 19.7. The van der Waals surface area contributed by atoms with Crippen molar-refractivity contribution in [1.82, 2.24) is 9.88 Å². The van der Waals surface area contributed by atoms with Gasteiger partial charge >= 0.3 is 0 Å². The van der Waals surface area contributed by atoms with Gasteiger partial charge in [0.2, 0.25) is 6.41 Å². The second-order valence-corrected chi connectivity index (χ2v) is 8.35. The zero-order valence-corrected chi connectivity index (χ0v) is 17.2. The molecule has 1 aromatic carbocycles. The Labute approximate surface area is 165 Å². The van der Waals surface area contributed by atoms with Gasteiger partial charge in [-0.2, -0.15) is 0 Å². The average molecular weight is 388 g/mol. The number of para-hydroxylation sites is 1. The highest BCUT2D eigenvalue weighted by atomic mass is 32.1. The topological polar surface area (TPSA) is 54.5 Å². The van der Waals surface area contributed by atoms with Crippen molar-refractivity contribution < 1.29 is 9.53 Å². The third kappa shape index (κ3) is 5.01. The molecule has 1 aliphatic carbocycles. The Balaban J connectivity index is 1.54. The molecule has 1 aromatic heterocycles. The van der Waals surface area contributed by atoms with Gasteiger partial charge in [0.1, 0.15) is 5.75 Å². The molecule has 0 saturated heterocycles. The molecule has 1 saturated carbocycles. The molecule has 27 heavy (non-hydrogen) atoms. The highest BCUT2D eigenvalue weighted by Gasteiger charge is 2.24. The number of thiazole rings is 1. The van der Waals surface area contributed by atoms with E-state index in [0.29, 0.717) is 12.0 Å². The molecule has 0 spiro atoms. The fourth-order valence-corrected chi connectivity index (χ4v) is 4.45. The number of nitrogens with one attached hydrogen (secondary N) is 1. The molecule has 1 aliphatic rings. The van der Waals surface area contributed by atoms with Crippen LogP contribution in [0.25, 0.3) is 11.3 Å². The second-order valence-electron chi connectivity index (χ2n) is 7.50. The van der Waals surface area contributed by atoms with Crippen molar-refractivity contribution in [2.75, 3.05) is 19.0 Å². The third-order valence-electron chi connectivity index (χ3n) is 5.33. The molecule has 6 heteroatoms. The quantitative estimate of drug-likeness (QED) is 0.670. The summed E-state index contributed by atoms with van der Waals surface area (Å²) >= 11 is 1.64. The van der Waals surface area contributed by atoms with Crippen LogP contribution in [0.3, 0.4) is 0 Å². The maximum absolute atomic E-state index is 11.2. The van der Waals surface area contributed by atoms with Crippen molar-refractivity contribution in [3.63, 3.8) is 0 Å². The molecule has 1 fully saturated rings. The number of hydrogen-bond donors (Lipinski definition) is 1. The monoisotopic (exact) mass is 387 g/mol. The van der Waals surface area contributed by atoms with Gasteiger partial charge in [0.05, 0.1) is 12.8 Å². The lowest BCUT2D eigenvalue weighted by atomic mass is 9.85. The van der Waals surface area contributed by atoms with E-state index in [4.69, 9.17) is 9.72 Å². The highest BCUT2D eigenvalue weighted by molar-refractivity contribution is 7.14. The molecule has 0 atom stereocenters. The number of hydrogen-bond acceptors (Lipinski definition) is 5. The summed E-state index contributed by atoms with van der Waals surface area (Å²) < 4.78 is 5.44. The molecule has 0 unspecified atom stereocenters. The van der Waals surface area contributed by atoms with Crippen molar-refractivity contribution in [3.8, 4) is 17.0 Å². The van der Waals surface area contributed by atoms with E-state index in [-0.39, 0.29) is 6.04 Å². The Morgan fingerprint density at radius 2 is 2.04 bits per heavy atom. The number of carbonyl (C=O) groups excluding carboxylic acids is 1. The second kappa shape index (κ2) is 9.22. The van der Waals surface area contributed by atoms with Gasteiger partial charge in [0, 0.05) is 29.6 Å². The zero-order valence-electron chi connectivity index (χ0n) is 16.4.